The Bertz CT molecular complexity index is 1760. The van der Waals surface area contributed by atoms with Crippen molar-refractivity contribution in [2.24, 2.45) is 17.8 Å². The van der Waals surface area contributed by atoms with Gasteiger partial charge in [-0.25, -0.2) is 19.2 Å². The van der Waals surface area contributed by atoms with Gasteiger partial charge in [0.1, 0.15) is 30.6 Å². The van der Waals surface area contributed by atoms with E-state index in [0.29, 0.717) is 11.1 Å². The van der Waals surface area contributed by atoms with Crippen LogP contribution in [0.3, 0.4) is 0 Å². The van der Waals surface area contributed by atoms with Gasteiger partial charge in [0, 0.05) is 7.11 Å². The van der Waals surface area contributed by atoms with E-state index in [0.717, 1.165) is 20.0 Å². The number of fused-ring (bicyclic) bond motifs is 1. The van der Waals surface area contributed by atoms with Crippen LogP contribution in [0.5, 0.6) is 0 Å². The Morgan fingerprint density at radius 1 is 0.962 bits per heavy atom. The van der Waals surface area contributed by atoms with Crippen LogP contribution in [-0.2, 0) is 53.6 Å². The van der Waals surface area contributed by atoms with Gasteiger partial charge < -0.3 is 24.7 Å². The normalized spacial score (nSPS) is 15.7. The molecule has 16 nitrogen and oxygen atoms in total. The molecule has 0 bridgehead atoms. The summed E-state index contributed by atoms with van der Waals surface area (Å²) >= 11 is 0. The van der Waals surface area contributed by atoms with Gasteiger partial charge in [-0.1, -0.05) is 84.7 Å². The summed E-state index contributed by atoms with van der Waals surface area (Å²) in [7, 11) is -3.37. The number of nitrogens with zero attached hydrogens (tertiary/aromatic N) is 4. The molecule has 1 aromatic carbocycles. The molecule has 0 fully saturated rings. The van der Waals surface area contributed by atoms with Crippen molar-refractivity contribution in [3.8, 4) is 6.07 Å². The molecule has 0 radical (unpaired) electrons. The zero-order valence-corrected chi connectivity index (χ0v) is 32.4. The summed E-state index contributed by atoms with van der Waals surface area (Å²) in [6.45, 7) is 10.8. The quantitative estimate of drug-likeness (QED) is 0.0798. The molecule has 53 heavy (non-hydrogen) atoms. The molecule has 3 rings (SSSR count). The summed E-state index contributed by atoms with van der Waals surface area (Å²) in [6, 6.07) is 12.7. The number of carbonyl (C=O) groups excluding carboxylic acids is 3. The van der Waals surface area contributed by atoms with E-state index < -0.39 is 67.9 Å². The molecule has 0 aliphatic carbocycles. The van der Waals surface area contributed by atoms with Crippen LogP contribution >= 0.6 is 7.75 Å². The van der Waals surface area contributed by atoms with Crippen LogP contribution in [-0.4, -0.2) is 70.6 Å². The maximum Gasteiger partial charge on any atom is 0.406 e. The number of carbonyl (C=O) groups is 3. The maximum absolute atomic E-state index is 14.5. The zero-order chi connectivity index (χ0) is 39.3. The highest BCUT2D eigenvalue weighted by Gasteiger charge is 2.52. The fraction of sp³-hybridized carbons (Fsp3) is 0.556. The minimum absolute atomic E-state index is 0.104. The standard InChI is InChI=1S/C36H51N6O10P/c1-9-26(10-2)18-48-35(45)25(7)41-53(46,49-19-27-14-12-11-13-15-27)50-21-36(20-37,47-8)31(52-34(44)24(5)6)30(51-33(43)23(3)4)28-16-17-29-32(38)39-22-40-42(28)29/h11-17,22-26,30-31H,9-10,18-19,21H2,1-8H3,(H,41,46)(H2,38,39,40)/t25-,30-,31-,36+,53?/m0/s1. The lowest BCUT2D eigenvalue weighted by Crippen LogP contribution is -2.53. The molecule has 2 heterocycles. The fourth-order valence-electron chi connectivity index (χ4n) is 4.95. The van der Waals surface area contributed by atoms with Gasteiger partial charge in [-0.15, -0.1) is 0 Å². The van der Waals surface area contributed by atoms with Crippen molar-refractivity contribution < 1.29 is 46.9 Å². The van der Waals surface area contributed by atoms with Gasteiger partial charge in [-0.05, 0) is 30.5 Å². The van der Waals surface area contributed by atoms with Crippen LogP contribution in [0.4, 0.5) is 5.82 Å². The van der Waals surface area contributed by atoms with E-state index in [4.69, 9.17) is 33.7 Å². The molecular weight excluding hydrogens is 707 g/mol. The molecule has 0 aliphatic rings. The monoisotopic (exact) mass is 758 g/mol. The van der Waals surface area contributed by atoms with Gasteiger partial charge in [0.15, 0.2) is 18.0 Å². The predicted octanol–water partition coefficient (Wildman–Crippen LogP) is 5.33. The van der Waals surface area contributed by atoms with Crippen molar-refractivity contribution in [3.63, 3.8) is 0 Å². The summed E-state index contributed by atoms with van der Waals surface area (Å²) < 4.78 is 50.7. The van der Waals surface area contributed by atoms with Crippen molar-refractivity contribution in [1.82, 2.24) is 19.7 Å². The van der Waals surface area contributed by atoms with Gasteiger partial charge >= 0.3 is 25.7 Å². The first kappa shape index (κ1) is 43.0. The number of nitrogens with two attached hydrogens (primary N) is 1. The van der Waals surface area contributed by atoms with Crippen LogP contribution in [0.2, 0.25) is 0 Å². The van der Waals surface area contributed by atoms with Gasteiger partial charge in [0.2, 0.25) is 5.60 Å². The van der Waals surface area contributed by atoms with Crippen molar-refractivity contribution >= 4 is 37.0 Å². The van der Waals surface area contributed by atoms with Crippen LogP contribution in [0, 0.1) is 29.1 Å². The number of hydrogen-bond donors (Lipinski definition) is 2. The van der Waals surface area contributed by atoms with Crippen molar-refractivity contribution in [2.75, 3.05) is 26.1 Å². The highest BCUT2D eigenvalue weighted by Crippen LogP contribution is 2.47. The Kier molecular flexibility index (Phi) is 15.9. The Labute approximate surface area is 310 Å². The van der Waals surface area contributed by atoms with E-state index in [1.165, 1.54) is 23.8 Å². The molecule has 1 unspecified atom stereocenters. The third-order valence-corrected chi connectivity index (χ3v) is 10.2. The number of methoxy groups -OCH3 is 1. The summed E-state index contributed by atoms with van der Waals surface area (Å²) in [6.07, 6.45) is -0.521. The molecule has 17 heteroatoms. The average Bonchev–Trinajstić information content (AvgIpc) is 3.59. The smallest absolute Gasteiger partial charge is 0.406 e. The minimum atomic E-state index is -4.52. The van der Waals surface area contributed by atoms with E-state index in [2.05, 4.69) is 15.2 Å². The van der Waals surface area contributed by atoms with Crippen molar-refractivity contribution in [1.29, 1.82) is 5.26 Å². The summed E-state index contributed by atoms with van der Waals surface area (Å²) in [4.78, 5) is 43.6. The number of nitrogen functional groups attached to an aromatic ring is 1. The Hall–Kier alpha value is -4.39. The van der Waals surface area contributed by atoms with E-state index in [9.17, 15) is 24.2 Å². The number of nitriles is 1. The lowest BCUT2D eigenvalue weighted by Gasteiger charge is -2.38. The van der Waals surface area contributed by atoms with Crippen LogP contribution in [0.25, 0.3) is 5.52 Å². The van der Waals surface area contributed by atoms with E-state index >= 15 is 0 Å². The minimum Gasteiger partial charge on any atom is -0.464 e. The van der Waals surface area contributed by atoms with E-state index in [1.807, 2.05) is 19.9 Å². The number of nitrogens with one attached hydrogen (secondary N) is 1. The van der Waals surface area contributed by atoms with E-state index in [-0.39, 0.29) is 30.6 Å². The highest BCUT2D eigenvalue weighted by atomic mass is 31.2. The number of esters is 3. The van der Waals surface area contributed by atoms with Crippen LogP contribution in [0.15, 0.2) is 48.8 Å². The molecule has 0 amide bonds. The van der Waals surface area contributed by atoms with Gasteiger partial charge in [-0.3, -0.25) is 23.4 Å². The largest absolute Gasteiger partial charge is 0.464 e. The second-order valence-electron chi connectivity index (χ2n) is 13.1. The van der Waals surface area contributed by atoms with Gasteiger partial charge in [0.25, 0.3) is 0 Å². The van der Waals surface area contributed by atoms with Gasteiger partial charge in [-0.2, -0.15) is 10.4 Å². The van der Waals surface area contributed by atoms with Crippen molar-refractivity contribution in [2.45, 2.75) is 91.8 Å². The molecule has 0 saturated heterocycles. The van der Waals surface area contributed by atoms with Crippen LogP contribution in [0.1, 0.15) is 78.7 Å². The Morgan fingerprint density at radius 3 is 2.19 bits per heavy atom. The molecule has 2 aromatic heterocycles. The molecule has 0 spiro atoms. The molecular formula is C36H51N6O10P. The number of aromatic nitrogens is 3. The number of anilines is 1. The predicted molar refractivity (Wildman–Crippen MR) is 194 cm³/mol. The lowest BCUT2D eigenvalue weighted by molar-refractivity contribution is -0.197. The molecule has 3 aromatic rings. The number of rotatable bonds is 21. The Morgan fingerprint density at radius 2 is 1.60 bits per heavy atom. The fourth-order valence-corrected chi connectivity index (χ4v) is 6.44. The summed E-state index contributed by atoms with van der Waals surface area (Å²) in [5, 5.41) is 17.7. The first-order chi connectivity index (χ1) is 25.1. The zero-order valence-electron chi connectivity index (χ0n) is 31.5. The van der Waals surface area contributed by atoms with Crippen molar-refractivity contribution in [3.05, 3.63) is 60.0 Å². The first-order valence-corrected chi connectivity index (χ1v) is 19.0. The second kappa shape index (κ2) is 19.6. The maximum atomic E-state index is 14.5. The second-order valence-corrected chi connectivity index (χ2v) is 14.9. The lowest BCUT2D eigenvalue weighted by atomic mass is 9.92. The van der Waals surface area contributed by atoms with Crippen LogP contribution < -0.4 is 10.8 Å². The molecule has 5 atom stereocenters. The summed E-state index contributed by atoms with van der Waals surface area (Å²) in [5.41, 5.74) is 4.88. The average molecular weight is 759 g/mol. The summed E-state index contributed by atoms with van der Waals surface area (Å²) in [5.74, 6) is -3.29. The molecule has 290 valence electrons. The highest BCUT2D eigenvalue weighted by molar-refractivity contribution is 7.51. The number of hydrogen-bond acceptors (Lipinski definition) is 14. The molecule has 3 N–H and O–H groups in total. The third kappa shape index (κ3) is 11.3. The van der Waals surface area contributed by atoms with E-state index in [1.54, 1.807) is 64.1 Å². The topological polar surface area (TPSA) is 216 Å². The number of benzene rings is 1. The number of ether oxygens (including phenoxy) is 4. The molecule has 0 aliphatic heterocycles. The Balaban J connectivity index is 2.10. The third-order valence-electron chi connectivity index (χ3n) is 8.53. The van der Waals surface area contributed by atoms with Gasteiger partial charge in [0.05, 0.1) is 30.7 Å². The molecule has 0 saturated carbocycles. The first-order valence-electron chi connectivity index (χ1n) is 17.5. The SMILES string of the molecule is CCC(CC)COC(=O)[C@H](C)NP(=O)(OCc1ccccc1)OC[C@@](C#N)(OC)[C@@H](OC(=O)C(C)C)[C@@H](OC(=O)C(C)C)c1ccc2c(N)ncnn12.